The van der Waals surface area contributed by atoms with Crippen molar-refractivity contribution in [1.29, 1.82) is 5.26 Å². The van der Waals surface area contributed by atoms with E-state index in [4.69, 9.17) is 11.0 Å². The molecule has 1 aromatic carbocycles. The first-order valence-corrected chi connectivity index (χ1v) is 10.3. The molecule has 0 saturated carbocycles. The van der Waals surface area contributed by atoms with Gasteiger partial charge in [-0.25, -0.2) is 23.7 Å². The van der Waals surface area contributed by atoms with Gasteiger partial charge in [-0.15, -0.1) is 0 Å². The summed E-state index contributed by atoms with van der Waals surface area (Å²) in [5.41, 5.74) is 7.22. The number of amidine groups is 1. The third kappa shape index (κ3) is 4.92. The molecule has 0 radical (unpaired) electrons. The smallest absolute Gasteiger partial charge is 0.162 e. The number of nitrogens with two attached hydrogens (primary N) is 1. The first-order valence-electron chi connectivity index (χ1n) is 9.52. The van der Waals surface area contributed by atoms with E-state index in [0.717, 1.165) is 17.8 Å². The van der Waals surface area contributed by atoms with E-state index < -0.39 is 22.5 Å². The van der Waals surface area contributed by atoms with Gasteiger partial charge in [0.15, 0.2) is 22.6 Å². The number of nitrogens with one attached hydrogen (secondary N) is 1. The number of aliphatic imine (C=N–C) groups is 1. The second kappa shape index (κ2) is 9.42. The molecule has 0 spiro atoms. The molecule has 166 valence electrons. The Hall–Kier alpha value is -3.36. The van der Waals surface area contributed by atoms with Crippen LogP contribution in [0.15, 0.2) is 35.7 Å². The molecular formula is C21H21F2N7OS. The van der Waals surface area contributed by atoms with E-state index in [2.05, 4.69) is 25.3 Å². The van der Waals surface area contributed by atoms with Crippen LogP contribution in [0.3, 0.4) is 0 Å². The summed E-state index contributed by atoms with van der Waals surface area (Å²) in [7, 11) is 1.51. The molecule has 2 atom stereocenters. The zero-order valence-corrected chi connectivity index (χ0v) is 18.4. The first-order chi connectivity index (χ1) is 15.2. The molecular weight excluding hydrogens is 436 g/mol. The Morgan fingerprint density at radius 3 is 2.75 bits per heavy atom. The molecule has 8 nitrogen and oxygen atoms in total. The SMILES string of the molecule is CN=C(N)S[C@](C)(Cc1cc(Nc2ncnc3cc(C#N)cnc23)cc(F)c1F)[C@@H](C)O. The quantitative estimate of drug-likeness (QED) is 0.379. The number of benzene rings is 1. The minimum atomic E-state index is -1.06. The van der Waals surface area contributed by atoms with Crippen molar-refractivity contribution in [2.75, 3.05) is 12.4 Å². The van der Waals surface area contributed by atoms with Crippen LogP contribution in [0.25, 0.3) is 11.0 Å². The van der Waals surface area contributed by atoms with Gasteiger partial charge in [-0.2, -0.15) is 5.26 Å². The van der Waals surface area contributed by atoms with Crippen molar-refractivity contribution in [1.82, 2.24) is 15.0 Å². The van der Waals surface area contributed by atoms with Crippen LogP contribution in [0.2, 0.25) is 0 Å². The van der Waals surface area contributed by atoms with Crippen LogP contribution in [0, 0.1) is 23.0 Å². The normalized spacial score (nSPS) is 14.6. The third-order valence-electron chi connectivity index (χ3n) is 4.95. The van der Waals surface area contributed by atoms with E-state index in [1.165, 1.54) is 25.6 Å². The Morgan fingerprint density at radius 2 is 2.09 bits per heavy atom. The zero-order chi connectivity index (χ0) is 23.5. The fraction of sp³-hybridized carbons (Fsp3) is 0.286. The Labute approximate surface area is 187 Å². The van der Waals surface area contributed by atoms with Gasteiger partial charge in [-0.1, -0.05) is 11.8 Å². The molecule has 3 rings (SSSR count). The van der Waals surface area contributed by atoms with E-state index in [9.17, 15) is 13.9 Å². The van der Waals surface area contributed by atoms with Gasteiger partial charge in [-0.05, 0) is 38.0 Å². The molecule has 0 saturated heterocycles. The summed E-state index contributed by atoms with van der Waals surface area (Å²) < 4.78 is 28.1. The molecule has 11 heteroatoms. The maximum Gasteiger partial charge on any atom is 0.162 e. The number of rotatable bonds is 6. The van der Waals surface area contributed by atoms with Gasteiger partial charge in [0.25, 0.3) is 0 Å². The number of hydrogen-bond acceptors (Lipinski definition) is 8. The summed E-state index contributed by atoms with van der Waals surface area (Å²) in [6, 6.07) is 5.98. The van der Waals surface area contributed by atoms with Gasteiger partial charge < -0.3 is 16.2 Å². The highest BCUT2D eigenvalue weighted by molar-refractivity contribution is 8.15. The number of aliphatic hydroxyl groups is 1. The number of nitriles is 1. The minimum Gasteiger partial charge on any atom is -0.392 e. The van der Waals surface area contributed by atoms with Crippen LogP contribution in [-0.2, 0) is 6.42 Å². The third-order valence-corrected chi connectivity index (χ3v) is 6.30. The lowest BCUT2D eigenvalue weighted by atomic mass is 9.94. The Morgan fingerprint density at radius 1 is 1.34 bits per heavy atom. The Bertz CT molecular complexity index is 1230. The molecule has 4 N–H and O–H groups in total. The van der Waals surface area contributed by atoms with Crippen LogP contribution in [-0.4, -0.2) is 43.1 Å². The minimum absolute atomic E-state index is 0.0157. The number of hydrogen-bond donors (Lipinski definition) is 3. The largest absolute Gasteiger partial charge is 0.392 e. The molecule has 0 unspecified atom stereocenters. The summed E-state index contributed by atoms with van der Waals surface area (Å²) in [6.45, 7) is 3.26. The molecule has 2 aromatic heterocycles. The first kappa shape index (κ1) is 23.3. The van der Waals surface area contributed by atoms with Gasteiger partial charge in [0.05, 0.1) is 21.9 Å². The highest BCUT2D eigenvalue weighted by Gasteiger charge is 2.34. The van der Waals surface area contributed by atoms with Crippen molar-refractivity contribution in [3.05, 3.63) is 53.5 Å². The highest BCUT2D eigenvalue weighted by Crippen LogP contribution is 2.35. The lowest BCUT2D eigenvalue weighted by molar-refractivity contribution is 0.153. The van der Waals surface area contributed by atoms with Crippen molar-refractivity contribution in [3.63, 3.8) is 0 Å². The van der Waals surface area contributed by atoms with E-state index in [1.54, 1.807) is 19.9 Å². The number of pyridine rings is 1. The number of nitrogens with zero attached hydrogens (tertiary/aromatic N) is 5. The molecule has 32 heavy (non-hydrogen) atoms. The van der Waals surface area contributed by atoms with Crippen molar-refractivity contribution >= 4 is 39.5 Å². The molecule has 3 aromatic rings. The Balaban J connectivity index is 1.99. The van der Waals surface area contributed by atoms with Crippen LogP contribution >= 0.6 is 11.8 Å². The maximum atomic E-state index is 14.6. The topological polar surface area (TPSA) is 133 Å². The monoisotopic (exact) mass is 457 g/mol. The second-order valence-electron chi connectivity index (χ2n) is 7.31. The van der Waals surface area contributed by atoms with Crippen LogP contribution in [0.1, 0.15) is 25.0 Å². The predicted molar refractivity (Wildman–Crippen MR) is 121 cm³/mol. The molecule has 0 fully saturated rings. The number of fused-ring (bicyclic) bond motifs is 1. The average molecular weight is 458 g/mol. The van der Waals surface area contributed by atoms with Gasteiger partial charge in [0.2, 0.25) is 0 Å². The van der Waals surface area contributed by atoms with E-state index in [1.807, 2.05) is 6.07 Å². The predicted octanol–water partition coefficient (Wildman–Crippen LogP) is 3.28. The molecule has 0 aliphatic rings. The molecule has 0 amide bonds. The van der Waals surface area contributed by atoms with Gasteiger partial charge in [-0.3, -0.25) is 4.99 Å². The van der Waals surface area contributed by atoms with Crippen LogP contribution in [0.5, 0.6) is 0 Å². The average Bonchev–Trinajstić information content (AvgIpc) is 2.76. The number of anilines is 2. The second-order valence-corrected chi connectivity index (χ2v) is 8.87. The van der Waals surface area contributed by atoms with Gasteiger partial charge in [0.1, 0.15) is 17.9 Å². The Kier molecular flexibility index (Phi) is 6.86. The van der Waals surface area contributed by atoms with Crippen molar-refractivity contribution in [3.8, 4) is 6.07 Å². The lowest BCUT2D eigenvalue weighted by Crippen LogP contribution is -2.39. The highest BCUT2D eigenvalue weighted by atomic mass is 32.2. The molecule has 0 aliphatic heterocycles. The van der Waals surface area contributed by atoms with Crippen molar-refractivity contribution in [2.24, 2.45) is 10.7 Å². The summed E-state index contributed by atoms with van der Waals surface area (Å²) in [4.78, 5) is 16.3. The standard InChI is InChI=1S/C21H21F2N7OS/c1-11(31)21(2,32-20(25)26-3)7-13-5-14(6-15(22)17(13)23)30-19-18-16(28-10-29-19)4-12(8-24)9-27-18/h4-6,9-11,31H,7H2,1-3H3,(H2,25,26)(H,28,29,30)/t11-,21-/m1/s1. The number of aliphatic hydroxyl groups excluding tert-OH is 1. The number of aromatic nitrogens is 3. The summed E-state index contributed by atoms with van der Waals surface area (Å²) in [5.74, 6) is -1.80. The molecule has 2 heterocycles. The molecule has 0 aliphatic carbocycles. The van der Waals surface area contributed by atoms with Crippen molar-refractivity contribution in [2.45, 2.75) is 31.1 Å². The summed E-state index contributed by atoms with van der Waals surface area (Å²) >= 11 is 1.09. The van der Waals surface area contributed by atoms with Crippen molar-refractivity contribution < 1.29 is 13.9 Å². The fourth-order valence-corrected chi connectivity index (χ4v) is 3.98. The van der Waals surface area contributed by atoms with Gasteiger partial charge >= 0.3 is 0 Å². The van der Waals surface area contributed by atoms with E-state index in [-0.39, 0.29) is 28.7 Å². The number of thioether (sulfide) groups is 1. The summed E-state index contributed by atoms with van der Waals surface area (Å²) in [6.07, 6.45) is 1.75. The van der Waals surface area contributed by atoms with Crippen LogP contribution < -0.4 is 11.1 Å². The van der Waals surface area contributed by atoms with Gasteiger partial charge in [0, 0.05) is 25.0 Å². The van der Waals surface area contributed by atoms with E-state index >= 15 is 0 Å². The number of halogens is 2. The maximum absolute atomic E-state index is 14.6. The van der Waals surface area contributed by atoms with E-state index in [0.29, 0.717) is 16.6 Å². The lowest BCUT2D eigenvalue weighted by Gasteiger charge is -2.32. The fourth-order valence-electron chi connectivity index (χ4n) is 3.01. The zero-order valence-electron chi connectivity index (χ0n) is 17.6. The van der Waals surface area contributed by atoms with Crippen LogP contribution in [0.4, 0.5) is 20.3 Å². The molecule has 0 bridgehead atoms. The summed E-state index contributed by atoms with van der Waals surface area (Å²) in [5, 5.41) is 22.5.